The summed E-state index contributed by atoms with van der Waals surface area (Å²) in [6, 6.07) is 9.18. The molecule has 23 heavy (non-hydrogen) atoms. The van der Waals surface area contributed by atoms with E-state index >= 15 is 0 Å². The predicted molar refractivity (Wildman–Crippen MR) is 93.8 cm³/mol. The Morgan fingerprint density at radius 3 is 2.35 bits per heavy atom. The molecular weight excluding hydrogens is 310 g/mol. The maximum absolute atomic E-state index is 12.9. The zero-order valence-corrected chi connectivity index (χ0v) is 15.0. The molecule has 0 atom stereocenters. The molecule has 2 aromatic rings. The van der Waals surface area contributed by atoms with Crippen LogP contribution in [-0.2, 0) is 16.4 Å². The van der Waals surface area contributed by atoms with Crippen LogP contribution in [0.1, 0.15) is 29.2 Å². The van der Waals surface area contributed by atoms with E-state index in [2.05, 4.69) is 4.72 Å². The van der Waals surface area contributed by atoms with Gasteiger partial charge in [0, 0.05) is 6.07 Å². The molecule has 0 heterocycles. The minimum absolute atomic E-state index is 0.241. The second-order valence-corrected chi connectivity index (χ2v) is 7.31. The van der Waals surface area contributed by atoms with Crippen LogP contribution in [0.2, 0.25) is 0 Å². The third kappa shape index (κ3) is 3.50. The van der Waals surface area contributed by atoms with Crippen molar-refractivity contribution in [2.24, 2.45) is 0 Å². The van der Waals surface area contributed by atoms with Crippen LogP contribution in [0.25, 0.3) is 0 Å². The fourth-order valence-corrected chi connectivity index (χ4v) is 4.10. The first kappa shape index (κ1) is 17.3. The van der Waals surface area contributed by atoms with Crippen molar-refractivity contribution in [1.29, 1.82) is 0 Å². The monoisotopic (exact) mass is 333 g/mol. The fourth-order valence-electron chi connectivity index (χ4n) is 2.68. The second kappa shape index (κ2) is 6.62. The van der Waals surface area contributed by atoms with Crippen molar-refractivity contribution in [1.82, 2.24) is 0 Å². The molecule has 0 spiro atoms. The van der Waals surface area contributed by atoms with Gasteiger partial charge in [-0.3, -0.25) is 4.72 Å². The number of sulfonamides is 1. The van der Waals surface area contributed by atoms with Gasteiger partial charge in [-0.05, 0) is 49.4 Å². The standard InChI is InChI=1S/C18H23NO3S/c1-6-15-9-7-8-12(2)18(15)19-23(20,21)17-11-16(22-5)13(3)10-14(17)4/h7-11,19H,6H2,1-5H3. The van der Waals surface area contributed by atoms with Gasteiger partial charge in [-0.1, -0.05) is 31.2 Å². The topological polar surface area (TPSA) is 55.4 Å². The highest BCUT2D eigenvalue weighted by atomic mass is 32.2. The van der Waals surface area contributed by atoms with E-state index in [1.54, 1.807) is 13.0 Å². The molecule has 2 rings (SSSR count). The first-order chi connectivity index (χ1) is 10.8. The number of hydrogen-bond donors (Lipinski definition) is 1. The Labute approximate surface area is 138 Å². The lowest BCUT2D eigenvalue weighted by Gasteiger charge is -2.17. The number of methoxy groups -OCH3 is 1. The Balaban J connectivity index is 2.53. The van der Waals surface area contributed by atoms with Crippen molar-refractivity contribution in [3.8, 4) is 5.75 Å². The Kier molecular flexibility index (Phi) is 5.00. The average Bonchev–Trinajstić information content (AvgIpc) is 2.49. The van der Waals surface area contributed by atoms with Gasteiger partial charge >= 0.3 is 0 Å². The second-order valence-electron chi connectivity index (χ2n) is 5.66. The molecule has 1 N–H and O–H groups in total. The van der Waals surface area contributed by atoms with Gasteiger partial charge in [-0.15, -0.1) is 0 Å². The van der Waals surface area contributed by atoms with Crippen LogP contribution in [0.15, 0.2) is 35.2 Å². The molecule has 4 nitrogen and oxygen atoms in total. The smallest absolute Gasteiger partial charge is 0.262 e. The molecule has 0 saturated carbocycles. The molecule has 124 valence electrons. The Bertz CT molecular complexity index is 826. The highest BCUT2D eigenvalue weighted by molar-refractivity contribution is 7.92. The van der Waals surface area contributed by atoms with Crippen molar-refractivity contribution in [2.45, 2.75) is 39.0 Å². The van der Waals surface area contributed by atoms with Crippen molar-refractivity contribution in [3.63, 3.8) is 0 Å². The number of hydrogen-bond acceptors (Lipinski definition) is 3. The third-order valence-electron chi connectivity index (χ3n) is 3.96. The number of aryl methyl sites for hydroxylation is 4. The van der Waals surface area contributed by atoms with Gasteiger partial charge in [0.05, 0.1) is 17.7 Å². The van der Waals surface area contributed by atoms with Crippen LogP contribution in [0.3, 0.4) is 0 Å². The lowest BCUT2D eigenvalue weighted by Crippen LogP contribution is -2.16. The summed E-state index contributed by atoms with van der Waals surface area (Å²) in [5.74, 6) is 0.566. The molecule has 0 fully saturated rings. The first-order valence-corrected chi connectivity index (χ1v) is 9.05. The minimum atomic E-state index is -3.68. The van der Waals surface area contributed by atoms with Crippen LogP contribution in [0, 0.1) is 20.8 Å². The Hall–Kier alpha value is -2.01. The molecule has 0 unspecified atom stereocenters. The molecule has 0 aromatic heterocycles. The van der Waals surface area contributed by atoms with E-state index in [9.17, 15) is 8.42 Å². The quantitative estimate of drug-likeness (QED) is 0.900. The number of benzene rings is 2. The lowest BCUT2D eigenvalue weighted by atomic mass is 10.1. The van der Waals surface area contributed by atoms with Crippen molar-refractivity contribution >= 4 is 15.7 Å². The highest BCUT2D eigenvalue weighted by Gasteiger charge is 2.21. The molecule has 0 aliphatic carbocycles. The van der Waals surface area contributed by atoms with E-state index in [-0.39, 0.29) is 4.90 Å². The number of rotatable bonds is 5. The fraction of sp³-hybridized carbons (Fsp3) is 0.333. The molecule has 0 aliphatic heterocycles. The summed E-state index contributed by atoms with van der Waals surface area (Å²) in [6.45, 7) is 7.60. The lowest BCUT2D eigenvalue weighted by molar-refractivity contribution is 0.410. The summed E-state index contributed by atoms with van der Waals surface area (Å²) in [5, 5.41) is 0. The van der Waals surface area contributed by atoms with Gasteiger partial charge in [0.25, 0.3) is 10.0 Å². The number of para-hydroxylation sites is 1. The highest BCUT2D eigenvalue weighted by Crippen LogP contribution is 2.29. The molecule has 0 aliphatic rings. The summed E-state index contributed by atoms with van der Waals surface area (Å²) >= 11 is 0. The molecule has 0 saturated heterocycles. The van der Waals surface area contributed by atoms with E-state index in [1.165, 1.54) is 7.11 Å². The van der Waals surface area contributed by atoms with Gasteiger partial charge in [-0.25, -0.2) is 8.42 Å². The number of ether oxygens (including phenoxy) is 1. The zero-order valence-electron chi connectivity index (χ0n) is 14.2. The maximum atomic E-state index is 12.9. The maximum Gasteiger partial charge on any atom is 0.262 e. The average molecular weight is 333 g/mol. The van der Waals surface area contributed by atoms with Crippen LogP contribution in [0.4, 0.5) is 5.69 Å². The van der Waals surface area contributed by atoms with Gasteiger partial charge in [-0.2, -0.15) is 0 Å². The SMILES string of the molecule is CCc1cccc(C)c1NS(=O)(=O)c1cc(OC)c(C)cc1C. The summed E-state index contributed by atoms with van der Waals surface area (Å²) in [7, 11) is -2.14. The largest absolute Gasteiger partial charge is 0.496 e. The predicted octanol–water partition coefficient (Wildman–Crippen LogP) is 3.98. The molecular formula is C18H23NO3S. The van der Waals surface area contributed by atoms with E-state index < -0.39 is 10.0 Å². The summed E-state index contributed by atoms with van der Waals surface area (Å²) in [6.07, 6.45) is 0.760. The number of nitrogens with one attached hydrogen (secondary N) is 1. The third-order valence-corrected chi connectivity index (χ3v) is 5.45. The van der Waals surface area contributed by atoms with Crippen molar-refractivity contribution in [2.75, 3.05) is 11.8 Å². The van der Waals surface area contributed by atoms with Gasteiger partial charge in [0.2, 0.25) is 0 Å². The van der Waals surface area contributed by atoms with Crippen LogP contribution in [0.5, 0.6) is 5.75 Å². The van der Waals surface area contributed by atoms with Crippen LogP contribution < -0.4 is 9.46 Å². The molecule has 0 amide bonds. The molecule has 0 bridgehead atoms. The van der Waals surface area contributed by atoms with Crippen LogP contribution >= 0.6 is 0 Å². The van der Waals surface area contributed by atoms with E-state index in [0.29, 0.717) is 17.0 Å². The van der Waals surface area contributed by atoms with Crippen molar-refractivity contribution < 1.29 is 13.2 Å². The summed E-state index contributed by atoms with van der Waals surface area (Å²) < 4.78 is 33.7. The van der Waals surface area contributed by atoms with Crippen LogP contribution in [-0.4, -0.2) is 15.5 Å². The first-order valence-electron chi connectivity index (χ1n) is 7.56. The minimum Gasteiger partial charge on any atom is -0.496 e. The Morgan fingerprint density at radius 1 is 1.04 bits per heavy atom. The van der Waals surface area contributed by atoms with E-state index in [0.717, 1.165) is 23.1 Å². The van der Waals surface area contributed by atoms with Gasteiger partial charge in [0.1, 0.15) is 5.75 Å². The Morgan fingerprint density at radius 2 is 1.74 bits per heavy atom. The summed E-state index contributed by atoms with van der Waals surface area (Å²) in [4.78, 5) is 0.241. The molecule has 5 heteroatoms. The van der Waals surface area contributed by atoms with Gasteiger partial charge < -0.3 is 4.74 Å². The normalized spacial score (nSPS) is 11.3. The number of anilines is 1. The zero-order chi connectivity index (χ0) is 17.2. The summed E-state index contributed by atoms with van der Waals surface area (Å²) in [5.41, 5.74) is 4.15. The van der Waals surface area contributed by atoms with E-state index in [1.807, 2.05) is 45.0 Å². The molecule has 0 radical (unpaired) electrons. The van der Waals surface area contributed by atoms with E-state index in [4.69, 9.17) is 4.74 Å². The molecule has 2 aromatic carbocycles. The van der Waals surface area contributed by atoms with Gasteiger partial charge in [0.15, 0.2) is 0 Å². The van der Waals surface area contributed by atoms with Crippen molar-refractivity contribution in [3.05, 3.63) is 52.6 Å².